The standard InChI is InChI=1S/C11H13F3O4/c1-6(2)8(15)3-9(16)17-4-7-5-18-10(7)11(12,13)14/h7,10H,1,3-5H2,2H3. The number of hydrogen-bond donors (Lipinski definition) is 0. The molecule has 1 fully saturated rings. The second-order valence-electron chi connectivity index (χ2n) is 4.12. The van der Waals surface area contributed by atoms with Crippen molar-refractivity contribution in [1.29, 1.82) is 0 Å². The first-order valence-corrected chi connectivity index (χ1v) is 5.24. The monoisotopic (exact) mass is 266 g/mol. The van der Waals surface area contributed by atoms with Crippen LogP contribution in [0, 0.1) is 5.92 Å². The van der Waals surface area contributed by atoms with Crippen molar-refractivity contribution in [2.45, 2.75) is 25.6 Å². The molecule has 0 aromatic carbocycles. The lowest BCUT2D eigenvalue weighted by Gasteiger charge is -2.37. The van der Waals surface area contributed by atoms with Gasteiger partial charge >= 0.3 is 12.1 Å². The summed E-state index contributed by atoms with van der Waals surface area (Å²) in [5.74, 6) is -2.23. The van der Waals surface area contributed by atoms with Crippen LogP contribution < -0.4 is 0 Å². The maximum atomic E-state index is 12.3. The Morgan fingerprint density at radius 3 is 2.44 bits per heavy atom. The van der Waals surface area contributed by atoms with Crippen molar-refractivity contribution in [2.24, 2.45) is 5.92 Å². The number of carbonyl (C=O) groups excluding carboxylic acids is 2. The molecule has 7 heteroatoms. The molecule has 0 aromatic heterocycles. The molecule has 0 radical (unpaired) electrons. The Morgan fingerprint density at radius 2 is 2.06 bits per heavy atom. The SMILES string of the molecule is C=C(C)C(=O)CC(=O)OCC1COC1C(F)(F)F. The van der Waals surface area contributed by atoms with Gasteiger partial charge in [0.05, 0.1) is 19.1 Å². The fourth-order valence-electron chi connectivity index (χ4n) is 1.36. The maximum absolute atomic E-state index is 12.3. The van der Waals surface area contributed by atoms with Crippen LogP contribution in [0.25, 0.3) is 0 Å². The minimum Gasteiger partial charge on any atom is -0.465 e. The topological polar surface area (TPSA) is 52.6 Å². The predicted octanol–water partition coefficient (Wildman–Crippen LogP) is 1.64. The average molecular weight is 266 g/mol. The molecule has 1 rings (SSSR count). The van der Waals surface area contributed by atoms with Gasteiger partial charge in [0.2, 0.25) is 0 Å². The zero-order valence-corrected chi connectivity index (χ0v) is 9.75. The molecule has 0 aliphatic carbocycles. The minimum atomic E-state index is -4.46. The molecule has 1 aliphatic rings. The molecule has 1 saturated heterocycles. The van der Waals surface area contributed by atoms with Gasteiger partial charge < -0.3 is 9.47 Å². The van der Waals surface area contributed by atoms with E-state index in [1.807, 2.05) is 0 Å². The number of rotatable bonds is 5. The number of carbonyl (C=O) groups is 2. The zero-order valence-electron chi connectivity index (χ0n) is 9.75. The number of ketones is 1. The van der Waals surface area contributed by atoms with Gasteiger partial charge in [-0.1, -0.05) is 6.58 Å². The molecule has 0 spiro atoms. The highest BCUT2D eigenvalue weighted by Gasteiger charge is 2.52. The van der Waals surface area contributed by atoms with E-state index in [1.165, 1.54) is 6.92 Å². The molecule has 1 aliphatic heterocycles. The average Bonchev–Trinajstić information content (AvgIpc) is 2.12. The van der Waals surface area contributed by atoms with Crippen molar-refractivity contribution in [3.8, 4) is 0 Å². The van der Waals surface area contributed by atoms with E-state index < -0.39 is 43.0 Å². The van der Waals surface area contributed by atoms with Crippen molar-refractivity contribution in [3.05, 3.63) is 12.2 Å². The van der Waals surface area contributed by atoms with E-state index >= 15 is 0 Å². The van der Waals surface area contributed by atoms with Crippen molar-refractivity contribution in [1.82, 2.24) is 0 Å². The van der Waals surface area contributed by atoms with E-state index in [-0.39, 0.29) is 12.2 Å². The Labute approximate surface area is 102 Å². The first kappa shape index (κ1) is 14.7. The Balaban J connectivity index is 2.32. The van der Waals surface area contributed by atoms with Gasteiger partial charge in [-0.2, -0.15) is 13.2 Å². The Kier molecular flexibility index (Phi) is 4.50. The van der Waals surface area contributed by atoms with Crippen LogP contribution in [0.4, 0.5) is 13.2 Å². The first-order valence-electron chi connectivity index (χ1n) is 5.24. The van der Waals surface area contributed by atoms with Crippen LogP contribution in [-0.4, -0.2) is 37.2 Å². The zero-order chi connectivity index (χ0) is 13.9. The molecule has 2 unspecified atom stereocenters. The quantitative estimate of drug-likeness (QED) is 0.431. The van der Waals surface area contributed by atoms with Crippen LogP contribution in [0.3, 0.4) is 0 Å². The lowest BCUT2D eigenvalue weighted by atomic mass is 9.98. The van der Waals surface area contributed by atoms with Gasteiger partial charge in [-0.3, -0.25) is 9.59 Å². The van der Waals surface area contributed by atoms with Crippen LogP contribution in [0.2, 0.25) is 0 Å². The van der Waals surface area contributed by atoms with Crippen LogP contribution in [0.1, 0.15) is 13.3 Å². The number of ether oxygens (including phenoxy) is 2. The highest BCUT2D eigenvalue weighted by atomic mass is 19.4. The predicted molar refractivity (Wildman–Crippen MR) is 54.7 cm³/mol. The summed E-state index contributed by atoms with van der Waals surface area (Å²) in [5, 5.41) is 0. The number of esters is 1. The lowest BCUT2D eigenvalue weighted by Crippen LogP contribution is -2.51. The third-order valence-electron chi connectivity index (χ3n) is 2.48. The molecular weight excluding hydrogens is 253 g/mol. The molecule has 0 aromatic rings. The molecule has 0 saturated carbocycles. The summed E-state index contributed by atoms with van der Waals surface area (Å²) in [6, 6.07) is 0. The lowest BCUT2D eigenvalue weighted by molar-refractivity contribution is -0.293. The van der Waals surface area contributed by atoms with E-state index in [0.29, 0.717) is 0 Å². The maximum Gasteiger partial charge on any atom is 0.415 e. The first-order chi connectivity index (χ1) is 8.21. The molecule has 2 atom stereocenters. The smallest absolute Gasteiger partial charge is 0.415 e. The van der Waals surface area contributed by atoms with Crippen LogP contribution in [0.5, 0.6) is 0 Å². The molecular formula is C11H13F3O4. The number of halogens is 3. The van der Waals surface area contributed by atoms with Gasteiger partial charge in [0, 0.05) is 0 Å². The van der Waals surface area contributed by atoms with Gasteiger partial charge in [-0.25, -0.2) is 0 Å². The molecule has 18 heavy (non-hydrogen) atoms. The molecule has 4 nitrogen and oxygen atoms in total. The highest BCUT2D eigenvalue weighted by Crippen LogP contribution is 2.35. The van der Waals surface area contributed by atoms with Crippen molar-refractivity contribution < 1.29 is 32.2 Å². The van der Waals surface area contributed by atoms with Gasteiger partial charge in [0.1, 0.15) is 6.42 Å². The Morgan fingerprint density at radius 1 is 1.44 bits per heavy atom. The van der Waals surface area contributed by atoms with E-state index in [9.17, 15) is 22.8 Å². The molecule has 0 amide bonds. The van der Waals surface area contributed by atoms with Crippen molar-refractivity contribution >= 4 is 11.8 Å². The van der Waals surface area contributed by atoms with Crippen LogP contribution in [0.15, 0.2) is 12.2 Å². The summed E-state index contributed by atoms with van der Waals surface area (Å²) in [4.78, 5) is 22.3. The fraction of sp³-hybridized carbons (Fsp3) is 0.636. The second-order valence-corrected chi connectivity index (χ2v) is 4.12. The van der Waals surface area contributed by atoms with Gasteiger partial charge in [-0.15, -0.1) is 0 Å². The number of hydrogen-bond acceptors (Lipinski definition) is 4. The fourth-order valence-corrected chi connectivity index (χ4v) is 1.36. The van der Waals surface area contributed by atoms with Gasteiger partial charge in [-0.05, 0) is 12.5 Å². The summed E-state index contributed by atoms with van der Waals surface area (Å²) < 4.78 is 45.8. The molecule has 102 valence electrons. The van der Waals surface area contributed by atoms with Gasteiger partial charge in [0.15, 0.2) is 11.9 Å². The number of Topliss-reactive ketones (excluding diaryl/α,β-unsaturated/α-hetero) is 1. The van der Waals surface area contributed by atoms with Gasteiger partial charge in [0.25, 0.3) is 0 Å². The van der Waals surface area contributed by atoms with Crippen molar-refractivity contribution in [2.75, 3.05) is 13.2 Å². The number of alkyl halides is 3. The Hall–Kier alpha value is -1.37. The third-order valence-corrected chi connectivity index (χ3v) is 2.48. The summed E-state index contributed by atoms with van der Waals surface area (Å²) >= 11 is 0. The normalized spacial score (nSPS) is 23.1. The summed E-state index contributed by atoms with van der Waals surface area (Å²) in [6.07, 6.45) is -6.84. The van der Waals surface area contributed by atoms with E-state index in [4.69, 9.17) is 0 Å². The van der Waals surface area contributed by atoms with E-state index in [0.717, 1.165) is 0 Å². The molecule has 0 bridgehead atoms. The molecule has 1 heterocycles. The van der Waals surface area contributed by atoms with Crippen molar-refractivity contribution in [3.63, 3.8) is 0 Å². The summed E-state index contributed by atoms with van der Waals surface area (Å²) in [7, 11) is 0. The minimum absolute atomic E-state index is 0.105. The number of allylic oxidation sites excluding steroid dienone is 1. The highest BCUT2D eigenvalue weighted by molar-refractivity contribution is 6.04. The van der Waals surface area contributed by atoms with Crippen LogP contribution in [-0.2, 0) is 19.1 Å². The second kappa shape index (κ2) is 5.51. The van der Waals surface area contributed by atoms with E-state index in [2.05, 4.69) is 16.1 Å². The largest absolute Gasteiger partial charge is 0.465 e. The van der Waals surface area contributed by atoms with Crippen LogP contribution >= 0.6 is 0 Å². The van der Waals surface area contributed by atoms with E-state index in [1.54, 1.807) is 0 Å². The molecule has 0 N–H and O–H groups in total. The third kappa shape index (κ3) is 3.83. The summed E-state index contributed by atoms with van der Waals surface area (Å²) in [5.41, 5.74) is 0.201. The summed E-state index contributed by atoms with van der Waals surface area (Å²) in [6.45, 7) is 4.29. The Bertz CT molecular complexity index is 362.